The highest BCUT2D eigenvalue weighted by molar-refractivity contribution is 8.01. The molecule has 0 bridgehead atoms. The molecule has 30 heavy (non-hydrogen) atoms. The molecule has 2 heterocycles. The van der Waals surface area contributed by atoms with Crippen LogP contribution in [0, 0.1) is 19.3 Å². The number of hydrogen-bond acceptors (Lipinski definition) is 3. The third-order valence-corrected chi connectivity index (χ3v) is 6.33. The van der Waals surface area contributed by atoms with Crippen LogP contribution in [-0.2, 0) is 0 Å². The Hall–Kier alpha value is -3.29. The number of benzene rings is 2. The summed E-state index contributed by atoms with van der Waals surface area (Å²) in [4.78, 5) is 17.3. The van der Waals surface area contributed by atoms with Crippen molar-refractivity contribution in [3.63, 3.8) is 0 Å². The minimum absolute atomic E-state index is 0.0536. The lowest BCUT2D eigenvalue weighted by atomic mass is 9.90. The molecule has 3 aromatic rings. The van der Waals surface area contributed by atoms with Gasteiger partial charge in [0.1, 0.15) is 0 Å². The summed E-state index contributed by atoms with van der Waals surface area (Å²) < 4.78 is -0.0536. The summed E-state index contributed by atoms with van der Waals surface area (Å²) >= 11 is 1.81. The Kier molecular flexibility index (Phi) is 5.01. The number of aromatic nitrogens is 1. The van der Waals surface area contributed by atoms with Crippen molar-refractivity contribution >= 4 is 23.3 Å². The molecule has 0 amide bonds. The number of thioether (sulfide) groups is 1. The maximum atomic E-state index is 11.6. The van der Waals surface area contributed by atoms with Crippen LogP contribution in [0.2, 0.25) is 0 Å². The van der Waals surface area contributed by atoms with Gasteiger partial charge in [-0.15, -0.1) is 18.2 Å². The van der Waals surface area contributed by atoms with Gasteiger partial charge in [-0.05, 0) is 67.3 Å². The molecule has 4 rings (SSSR count). The number of hydrogen-bond donors (Lipinski definition) is 1. The fourth-order valence-corrected chi connectivity index (χ4v) is 4.89. The number of terminal acetylenes is 1. The fraction of sp³-hybridized carbons (Fsp3) is 0.154. The molecule has 0 fully saturated rings. The molecule has 0 spiro atoms. The summed E-state index contributed by atoms with van der Waals surface area (Å²) in [6.07, 6.45) is 9.87. The second-order valence-electron chi connectivity index (χ2n) is 7.84. The van der Waals surface area contributed by atoms with Crippen LogP contribution in [0.4, 0.5) is 0 Å². The Labute approximate surface area is 180 Å². The van der Waals surface area contributed by atoms with Gasteiger partial charge in [0.2, 0.25) is 0 Å². The highest BCUT2D eigenvalue weighted by atomic mass is 32.2. The van der Waals surface area contributed by atoms with Crippen LogP contribution >= 0.6 is 11.8 Å². The van der Waals surface area contributed by atoms with Crippen molar-refractivity contribution in [2.45, 2.75) is 30.4 Å². The van der Waals surface area contributed by atoms with Gasteiger partial charge in [0, 0.05) is 32.7 Å². The van der Waals surface area contributed by atoms with Crippen LogP contribution < -0.4 is 0 Å². The SMILES string of the molecule is C#Cc1c(C(=O)O)cccc1-c1ccc2c(c1)C(c1ccc(C)nc1)=CC(C)(C)S2. The van der Waals surface area contributed by atoms with Crippen LogP contribution in [0.25, 0.3) is 16.7 Å². The average Bonchev–Trinajstić information content (AvgIpc) is 2.72. The molecule has 0 saturated heterocycles. The summed E-state index contributed by atoms with van der Waals surface area (Å²) in [6, 6.07) is 15.5. The van der Waals surface area contributed by atoms with E-state index in [0.29, 0.717) is 5.56 Å². The monoisotopic (exact) mass is 411 g/mol. The second kappa shape index (κ2) is 7.51. The molecule has 1 aliphatic rings. The first kappa shape index (κ1) is 20.0. The van der Waals surface area contributed by atoms with Crippen molar-refractivity contribution in [2.24, 2.45) is 0 Å². The summed E-state index contributed by atoms with van der Waals surface area (Å²) in [7, 11) is 0. The Morgan fingerprint density at radius 3 is 2.53 bits per heavy atom. The Morgan fingerprint density at radius 2 is 1.87 bits per heavy atom. The fourth-order valence-electron chi connectivity index (χ4n) is 3.73. The third-order valence-electron chi connectivity index (χ3n) is 5.11. The molecule has 148 valence electrons. The van der Waals surface area contributed by atoms with Gasteiger partial charge in [0.25, 0.3) is 0 Å². The zero-order valence-corrected chi connectivity index (χ0v) is 17.9. The normalized spacial score (nSPS) is 14.4. The van der Waals surface area contributed by atoms with E-state index in [1.807, 2.05) is 31.3 Å². The first-order chi connectivity index (χ1) is 14.3. The lowest BCUT2D eigenvalue weighted by molar-refractivity contribution is 0.0696. The molecule has 3 nitrogen and oxygen atoms in total. The molecule has 0 atom stereocenters. The molecule has 4 heteroatoms. The van der Waals surface area contributed by atoms with Gasteiger partial charge in [-0.25, -0.2) is 4.79 Å². The van der Waals surface area contributed by atoms with E-state index in [1.54, 1.807) is 23.9 Å². The van der Waals surface area contributed by atoms with Gasteiger partial charge >= 0.3 is 5.97 Å². The van der Waals surface area contributed by atoms with E-state index in [1.165, 1.54) is 4.90 Å². The van der Waals surface area contributed by atoms with Crippen LogP contribution in [-0.4, -0.2) is 20.8 Å². The molecule has 1 aromatic heterocycles. The molecule has 0 saturated carbocycles. The largest absolute Gasteiger partial charge is 0.478 e. The molecular formula is C26H21NO2S. The maximum absolute atomic E-state index is 11.6. The third kappa shape index (κ3) is 3.65. The maximum Gasteiger partial charge on any atom is 0.336 e. The minimum atomic E-state index is -1.02. The van der Waals surface area contributed by atoms with Crippen molar-refractivity contribution in [3.8, 4) is 23.5 Å². The van der Waals surface area contributed by atoms with Gasteiger partial charge in [-0.2, -0.15) is 0 Å². The highest BCUT2D eigenvalue weighted by Crippen LogP contribution is 2.47. The van der Waals surface area contributed by atoms with Crippen LogP contribution in [0.5, 0.6) is 0 Å². The number of pyridine rings is 1. The van der Waals surface area contributed by atoms with Crippen molar-refractivity contribution in [1.82, 2.24) is 4.98 Å². The molecule has 0 unspecified atom stereocenters. The quantitative estimate of drug-likeness (QED) is 0.533. The second-order valence-corrected chi connectivity index (χ2v) is 9.54. The molecule has 2 aromatic carbocycles. The van der Waals surface area contributed by atoms with Crippen LogP contribution in [0.3, 0.4) is 0 Å². The predicted molar refractivity (Wildman–Crippen MR) is 123 cm³/mol. The smallest absolute Gasteiger partial charge is 0.336 e. The van der Waals surface area contributed by atoms with E-state index >= 15 is 0 Å². The lowest BCUT2D eigenvalue weighted by Gasteiger charge is -2.30. The zero-order chi connectivity index (χ0) is 21.5. The number of carboxylic acid groups (broad SMARTS) is 1. The standard InChI is InChI=1S/C26H21NO2S/c1-5-19-20(7-6-8-21(19)25(28)29)17-11-12-24-22(13-17)23(14-26(3,4)30-24)18-10-9-16(2)27-15-18/h1,6-15H,2-4H3,(H,28,29). The summed E-state index contributed by atoms with van der Waals surface area (Å²) in [5.74, 6) is 1.55. The number of aromatic carboxylic acids is 1. The van der Waals surface area contributed by atoms with Gasteiger partial charge < -0.3 is 5.11 Å². The lowest BCUT2D eigenvalue weighted by Crippen LogP contribution is -2.16. The number of carbonyl (C=O) groups is 1. The van der Waals surface area contributed by atoms with E-state index in [4.69, 9.17) is 6.42 Å². The number of rotatable bonds is 3. The summed E-state index contributed by atoms with van der Waals surface area (Å²) in [6.45, 7) is 6.37. The minimum Gasteiger partial charge on any atom is -0.478 e. The number of fused-ring (bicyclic) bond motifs is 1. The first-order valence-corrected chi connectivity index (χ1v) is 10.4. The van der Waals surface area contributed by atoms with Crippen molar-refractivity contribution in [1.29, 1.82) is 0 Å². The van der Waals surface area contributed by atoms with Gasteiger partial charge in [0.05, 0.1) is 5.56 Å². The average molecular weight is 412 g/mol. The van der Waals surface area contributed by atoms with Crippen molar-refractivity contribution in [3.05, 3.63) is 88.8 Å². The number of aryl methyl sites for hydroxylation is 1. The molecule has 0 radical (unpaired) electrons. The van der Waals surface area contributed by atoms with Crippen LogP contribution in [0.1, 0.15) is 46.6 Å². The molecule has 0 aliphatic carbocycles. The van der Waals surface area contributed by atoms with E-state index in [0.717, 1.165) is 33.5 Å². The summed E-state index contributed by atoms with van der Waals surface area (Å²) in [5.41, 5.74) is 6.45. The Balaban J connectivity index is 1.91. The Morgan fingerprint density at radius 1 is 1.10 bits per heavy atom. The predicted octanol–water partition coefficient (Wildman–Crippen LogP) is 6.05. The molecule has 1 aliphatic heterocycles. The van der Waals surface area contributed by atoms with Gasteiger partial charge in [-0.3, -0.25) is 4.98 Å². The van der Waals surface area contributed by atoms with Gasteiger partial charge in [-0.1, -0.05) is 36.3 Å². The molecule has 1 N–H and O–H groups in total. The van der Waals surface area contributed by atoms with Crippen LogP contribution in [0.15, 0.2) is 65.7 Å². The summed E-state index contributed by atoms with van der Waals surface area (Å²) in [5, 5.41) is 9.52. The zero-order valence-electron chi connectivity index (χ0n) is 17.1. The van der Waals surface area contributed by atoms with E-state index in [9.17, 15) is 9.90 Å². The molecular weight excluding hydrogens is 390 g/mol. The number of nitrogens with zero attached hydrogens (tertiary/aromatic N) is 1. The highest BCUT2D eigenvalue weighted by Gasteiger charge is 2.27. The van der Waals surface area contributed by atoms with E-state index in [2.05, 4.69) is 49.0 Å². The first-order valence-electron chi connectivity index (χ1n) is 9.62. The van der Waals surface area contributed by atoms with Crippen molar-refractivity contribution < 1.29 is 9.90 Å². The van der Waals surface area contributed by atoms with E-state index in [-0.39, 0.29) is 10.3 Å². The Bertz CT molecular complexity index is 1230. The van der Waals surface area contributed by atoms with Gasteiger partial charge in [0.15, 0.2) is 0 Å². The van der Waals surface area contributed by atoms with Crippen molar-refractivity contribution in [2.75, 3.05) is 0 Å². The topological polar surface area (TPSA) is 50.2 Å². The van der Waals surface area contributed by atoms with E-state index < -0.39 is 5.97 Å². The number of carboxylic acids is 1.